The van der Waals surface area contributed by atoms with Crippen LogP contribution in [0.2, 0.25) is 0 Å². The van der Waals surface area contributed by atoms with E-state index in [9.17, 15) is 14.4 Å². The van der Waals surface area contributed by atoms with Crippen molar-refractivity contribution in [1.82, 2.24) is 4.98 Å². The molecule has 1 heterocycles. The summed E-state index contributed by atoms with van der Waals surface area (Å²) in [6.45, 7) is 4.72. The van der Waals surface area contributed by atoms with Gasteiger partial charge < -0.3 is 28.7 Å². The van der Waals surface area contributed by atoms with Gasteiger partial charge in [0.2, 0.25) is 5.78 Å². The van der Waals surface area contributed by atoms with Crippen molar-refractivity contribution in [3.05, 3.63) is 40.2 Å². The van der Waals surface area contributed by atoms with Gasteiger partial charge in [-0.2, -0.15) is 0 Å². The van der Waals surface area contributed by atoms with Crippen LogP contribution in [0.25, 0.3) is 0 Å². The highest BCUT2D eigenvalue weighted by Gasteiger charge is 2.29. The van der Waals surface area contributed by atoms with Gasteiger partial charge in [0.25, 0.3) is 0 Å². The molecule has 0 saturated carbocycles. The van der Waals surface area contributed by atoms with Crippen molar-refractivity contribution in [1.29, 1.82) is 0 Å². The van der Waals surface area contributed by atoms with Gasteiger partial charge in [0.15, 0.2) is 17.6 Å². The zero-order chi connectivity index (χ0) is 22.6. The van der Waals surface area contributed by atoms with E-state index in [1.165, 1.54) is 47.5 Å². The van der Waals surface area contributed by atoms with Crippen LogP contribution in [0.3, 0.4) is 0 Å². The lowest BCUT2D eigenvalue weighted by Crippen LogP contribution is -2.25. The molecular weight excluding hydrogens is 394 g/mol. The van der Waals surface area contributed by atoms with Crippen molar-refractivity contribution < 1.29 is 38.1 Å². The molecule has 0 bridgehead atoms. The molecule has 9 nitrogen and oxygen atoms in total. The zero-order valence-electron chi connectivity index (χ0n) is 18.0. The number of esters is 2. The average Bonchev–Trinajstić information content (AvgIpc) is 3.04. The number of hydrogen-bond acceptors (Lipinski definition) is 8. The van der Waals surface area contributed by atoms with E-state index in [1.54, 1.807) is 13.8 Å². The van der Waals surface area contributed by atoms with E-state index >= 15 is 0 Å². The van der Waals surface area contributed by atoms with Crippen LogP contribution >= 0.6 is 0 Å². The number of rotatable bonds is 8. The largest absolute Gasteiger partial charge is 0.496 e. The highest BCUT2D eigenvalue weighted by Crippen LogP contribution is 2.35. The number of aromatic amines is 1. The maximum absolute atomic E-state index is 12.9. The molecule has 0 unspecified atom stereocenters. The molecule has 0 saturated heterocycles. The molecule has 2 aromatic rings. The van der Waals surface area contributed by atoms with Crippen LogP contribution in [0.4, 0.5) is 0 Å². The van der Waals surface area contributed by atoms with Crippen LogP contribution in [0.15, 0.2) is 12.1 Å². The summed E-state index contributed by atoms with van der Waals surface area (Å²) in [6.07, 6.45) is -1.13. The highest BCUT2D eigenvalue weighted by molar-refractivity contribution is 6.05. The Kier molecular flexibility index (Phi) is 7.10. The molecule has 0 aliphatic rings. The Hall–Kier alpha value is -3.49. The van der Waals surface area contributed by atoms with Gasteiger partial charge in [-0.25, -0.2) is 9.59 Å². The number of benzene rings is 1. The Bertz CT molecular complexity index is 976. The molecule has 162 valence electrons. The summed E-state index contributed by atoms with van der Waals surface area (Å²) in [5, 5.41) is 0. The molecule has 30 heavy (non-hydrogen) atoms. The third-order valence-corrected chi connectivity index (χ3v) is 4.65. The number of ketones is 1. The summed E-state index contributed by atoms with van der Waals surface area (Å²) < 4.78 is 25.7. The van der Waals surface area contributed by atoms with Gasteiger partial charge in [-0.3, -0.25) is 4.79 Å². The van der Waals surface area contributed by atoms with E-state index in [0.717, 1.165) is 0 Å². The fourth-order valence-electron chi connectivity index (χ4n) is 3.07. The lowest BCUT2D eigenvalue weighted by Gasteiger charge is -2.16. The smallest absolute Gasteiger partial charge is 0.342 e. The first-order valence-corrected chi connectivity index (χ1v) is 9.02. The summed E-state index contributed by atoms with van der Waals surface area (Å²) in [5.41, 5.74) is 1.44. The van der Waals surface area contributed by atoms with Crippen LogP contribution in [0.1, 0.15) is 49.4 Å². The number of Topliss-reactive ketones (excluding diaryl/α,β-unsaturated/α-hetero) is 1. The minimum absolute atomic E-state index is 0.0736. The Balaban J connectivity index is 2.30. The molecule has 9 heteroatoms. The molecule has 1 aromatic heterocycles. The van der Waals surface area contributed by atoms with Gasteiger partial charge in [0.05, 0.1) is 39.7 Å². The SMILES string of the molecule is COC(=O)c1c(C)[nH]c(C(=O)[C@H](C)OC(=O)c2cc(OC)c(OC)cc2OC)c1C. The van der Waals surface area contributed by atoms with E-state index in [2.05, 4.69) is 4.98 Å². The first-order chi connectivity index (χ1) is 14.2. The van der Waals surface area contributed by atoms with Crippen LogP contribution in [-0.4, -0.2) is 57.2 Å². The number of ether oxygens (including phenoxy) is 5. The molecule has 2 rings (SSSR count). The standard InChI is InChI=1S/C21H25NO8/c1-10-17(21(25)29-7)11(2)22-18(10)19(23)12(3)30-20(24)13-8-15(27-5)16(28-6)9-14(13)26-4/h8-9,12,22H,1-7H3/t12-/m0/s1. The maximum atomic E-state index is 12.9. The lowest BCUT2D eigenvalue weighted by atomic mass is 10.1. The van der Waals surface area contributed by atoms with E-state index in [1.807, 2.05) is 0 Å². The lowest BCUT2D eigenvalue weighted by molar-refractivity contribution is 0.0313. The molecule has 0 spiro atoms. The van der Waals surface area contributed by atoms with Gasteiger partial charge in [0.1, 0.15) is 11.3 Å². The van der Waals surface area contributed by atoms with Crippen molar-refractivity contribution in [2.45, 2.75) is 26.9 Å². The molecule has 1 aromatic carbocycles. The van der Waals surface area contributed by atoms with Crippen molar-refractivity contribution in [2.24, 2.45) is 0 Å². The summed E-state index contributed by atoms with van der Waals surface area (Å²) in [6, 6.07) is 2.90. The minimum atomic E-state index is -1.13. The van der Waals surface area contributed by atoms with Gasteiger partial charge in [-0.15, -0.1) is 0 Å². The summed E-state index contributed by atoms with van der Waals surface area (Å²) in [7, 11) is 5.54. The van der Waals surface area contributed by atoms with Gasteiger partial charge in [0, 0.05) is 17.8 Å². The van der Waals surface area contributed by atoms with Crippen LogP contribution in [-0.2, 0) is 9.47 Å². The Morgan fingerprint density at radius 3 is 1.97 bits per heavy atom. The van der Waals surface area contributed by atoms with Gasteiger partial charge in [-0.1, -0.05) is 0 Å². The number of hydrogen-bond donors (Lipinski definition) is 1. The molecule has 0 aliphatic carbocycles. The van der Waals surface area contributed by atoms with Crippen LogP contribution < -0.4 is 14.2 Å². The molecule has 1 N–H and O–H groups in total. The molecule has 0 aliphatic heterocycles. The van der Waals surface area contributed by atoms with E-state index in [4.69, 9.17) is 23.7 Å². The molecular formula is C21H25NO8. The monoisotopic (exact) mass is 419 g/mol. The van der Waals surface area contributed by atoms with E-state index in [0.29, 0.717) is 22.8 Å². The normalized spacial score (nSPS) is 11.4. The molecule has 0 fully saturated rings. The predicted molar refractivity (Wildman–Crippen MR) is 107 cm³/mol. The number of carbonyl (C=O) groups excluding carboxylic acids is 3. The van der Waals surface area contributed by atoms with Crippen molar-refractivity contribution >= 4 is 17.7 Å². The zero-order valence-corrected chi connectivity index (χ0v) is 18.0. The topological polar surface area (TPSA) is 113 Å². The van der Waals surface area contributed by atoms with Crippen LogP contribution in [0, 0.1) is 13.8 Å². The van der Waals surface area contributed by atoms with E-state index < -0.39 is 23.8 Å². The second kappa shape index (κ2) is 9.34. The maximum Gasteiger partial charge on any atom is 0.342 e. The van der Waals surface area contributed by atoms with E-state index in [-0.39, 0.29) is 22.6 Å². The minimum Gasteiger partial charge on any atom is -0.496 e. The second-order valence-corrected chi connectivity index (χ2v) is 6.44. The van der Waals surface area contributed by atoms with Crippen molar-refractivity contribution in [3.63, 3.8) is 0 Å². The summed E-state index contributed by atoms with van der Waals surface area (Å²) in [4.78, 5) is 40.4. The third-order valence-electron chi connectivity index (χ3n) is 4.65. The predicted octanol–water partition coefficient (Wildman–Crippen LogP) is 2.87. The number of H-pyrrole nitrogens is 1. The van der Waals surface area contributed by atoms with Gasteiger partial charge >= 0.3 is 11.9 Å². The average molecular weight is 419 g/mol. The quantitative estimate of drug-likeness (QED) is 0.513. The number of nitrogens with one attached hydrogen (secondary N) is 1. The number of aryl methyl sites for hydroxylation is 1. The molecule has 0 amide bonds. The first kappa shape index (κ1) is 22.8. The second-order valence-electron chi connectivity index (χ2n) is 6.44. The number of aromatic nitrogens is 1. The fraction of sp³-hybridized carbons (Fsp3) is 0.381. The number of methoxy groups -OCH3 is 4. The van der Waals surface area contributed by atoms with Crippen molar-refractivity contribution in [2.75, 3.05) is 28.4 Å². The van der Waals surface area contributed by atoms with Gasteiger partial charge in [-0.05, 0) is 26.3 Å². The molecule has 0 radical (unpaired) electrons. The number of carbonyl (C=O) groups is 3. The summed E-state index contributed by atoms with van der Waals surface area (Å²) in [5.74, 6) is -0.927. The Labute approximate surface area is 174 Å². The Morgan fingerprint density at radius 2 is 1.43 bits per heavy atom. The first-order valence-electron chi connectivity index (χ1n) is 9.02. The Morgan fingerprint density at radius 1 is 0.867 bits per heavy atom. The van der Waals surface area contributed by atoms with Crippen molar-refractivity contribution in [3.8, 4) is 17.2 Å². The molecule has 1 atom stereocenters. The third kappa shape index (κ3) is 4.24. The fourth-order valence-corrected chi connectivity index (χ4v) is 3.07. The van der Waals surface area contributed by atoms with Crippen LogP contribution in [0.5, 0.6) is 17.2 Å². The summed E-state index contributed by atoms with van der Waals surface area (Å²) >= 11 is 0. The highest BCUT2D eigenvalue weighted by atomic mass is 16.6.